The highest BCUT2D eigenvalue weighted by molar-refractivity contribution is 5.99. The van der Waals surface area contributed by atoms with Crippen LogP contribution in [0.2, 0.25) is 0 Å². The molecule has 0 bridgehead atoms. The quantitative estimate of drug-likeness (QED) is 0.782. The van der Waals surface area contributed by atoms with Gasteiger partial charge in [-0.05, 0) is 54.7 Å². The fraction of sp³-hybridized carbons (Fsp3) is 0.333. The molecular weight excluding hydrogens is 342 g/mol. The Morgan fingerprint density at radius 2 is 1.74 bits per heavy atom. The highest BCUT2D eigenvalue weighted by Gasteiger charge is 2.39. The van der Waals surface area contributed by atoms with Crippen LogP contribution in [0.3, 0.4) is 0 Å². The van der Waals surface area contributed by atoms with Gasteiger partial charge >= 0.3 is 6.03 Å². The molecule has 1 heterocycles. The van der Waals surface area contributed by atoms with Crippen LogP contribution in [0.4, 0.5) is 16.2 Å². The minimum absolute atomic E-state index is 0.140. The topological polar surface area (TPSA) is 81.7 Å². The smallest absolute Gasteiger partial charge is 0.322 e. The third-order valence-electron chi connectivity index (χ3n) is 5.23. The van der Waals surface area contributed by atoms with Crippen molar-refractivity contribution in [3.8, 4) is 0 Å². The van der Waals surface area contributed by atoms with E-state index in [1.807, 2.05) is 30.3 Å². The van der Waals surface area contributed by atoms with E-state index in [1.54, 1.807) is 12.1 Å². The maximum Gasteiger partial charge on any atom is 0.322 e. The second kappa shape index (κ2) is 7.40. The van der Waals surface area contributed by atoms with Crippen molar-refractivity contribution in [1.82, 2.24) is 4.90 Å². The van der Waals surface area contributed by atoms with Crippen LogP contribution in [0.5, 0.6) is 0 Å². The molecule has 4 rings (SSSR count). The first-order chi connectivity index (χ1) is 13.1. The van der Waals surface area contributed by atoms with E-state index >= 15 is 0 Å². The molecule has 6 heteroatoms. The van der Waals surface area contributed by atoms with Gasteiger partial charge in [-0.15, -0.1) is 0 Å². The van der Waals surface area contributed by atoms with Crippen LogP contribution >= 0.6 is 0 Å². The number of hydrogen-bond donors (Lipinski definition) is 3. The number of aryl methyl sites for hydroxylation is 2. The molecule has 0 unspecified atom stereocenters. The summed E-state index contributed by atoms with van der Waals surface area (Å²) in [7, 11) is 0. The summed E-state index contributed by atoms with van der Waals surface area (Å²) in [6.07, 6.45) is 2.80. The highest BCUT2D eigenvalue weighted by atomic mass is 16.3. The Hall–Kier alpha value is -2.86. The van der Waals surface area contributed by atoms with Gasteiger partial charge in [0.25, 0.3) is 0 Å². The van der Waals surface area contributed by atoms with E-state index in [0.717, 1.165) is 24.9 Å². The predicted octanol–water partition coefficient (Wildman–Crippen LogP) is 2.78. The lowest BCUT2D eigenvalue weighted by Gasteiger charge is -2.24. The maximum absolute atomic E-state index is 12.8. The van der Waals surface area contributed by atoms with Gasteiger partial charge in [-0.2, -0.15) is 0 Å². The molecule has 2 aliphatic rings. The van der Waals surface area contributed by atoms with Crippen LogP contribution in [-0.2, 0) is 17.6 Å². The number of aliphatic hydroxyl groups excluding tert-OH is 1. The molecule has 1 fully saturated rings. The third-order valence-corrected chi connectivity index (χ3v) is 5.23. The summed E-state index contributed by atoms with van der Waals surface area (Å²) >= 11 is 0. The largest absolute Gasteiger partial charge is 0.391 e. The standard InChI is InChI=1S/C21H23N3O3/c25-18-12-19(24(13-18)21(27)23-16-7-2-1-3-8-16)20(26)22-17-10-9-14-5-4-6-15(14)11-17/h1-3,7-11,18-19,25H,4-6,12-13H2,(H,22,26)(H,23,27)/t18-,19+/m1/s1. The zero-order chi connectivity index (χ0) is 18.8. The van der Waals surface area contributed by atoms with E-state index in [4.69, 9.17) is 0 Å². The maximum atomic E-state index is 12.8. The second-order valence-electron chi connectivity index (χ2n) is 7.18. The van der Waals surface area contributed by atoms with E-state index in [0.29, 0.717) is 5.69 Å². The molecule has 2 atom stereocenters. The molecule has 0 aromatic heterocycles. The van der Waals surface area contributed by atoms with E-state index in [-0.39, 0.29) is 24.9 Å². The summed E-state index contributed by atoms with van der Waals surface area (Å²) in [4.78, 5) is 26.8. The molecule has 3 N–H and O–H groups in total. The molecule has 27 heavy (non-hydrogen) atoms. The molecule has 0 spiro atoms. The van der Waals surface area contributed by atoms with Crippen molar-refractivity contribution in [2.45, 2.75) is 37.8 Å². The SMILES string of the molecule is O=C(Nc1ccc2c(c1)CCC2)[C@@H]1C[C@@H](O)CN1C(=O)Nc1ccccc1. The molecular formula is C21H23N3O3. The van der Waals surface area contributed by atoms with E-state index in [9.17, 15) is 14.7 Å². The summed E-state index contributed by atoms with van der Waals surface area (Å²) < 4.78 is 0. The van der Waals surface area contributed by atoms with Gasteiger partial charge in [-0.1, -0.05) is 24.3 Å². The minimum Gasteiger partial charge on any atom is -0.391 e. The number of hydrogen-bond acceptors (Lipinski definition) is 3. The lowest BCUT2D eigenvalue weighted by molar-refractivity contribution is -0.119. The number of amides is 3. The highest BCUT2D eigenvalue weighted by Crippen LogP contribution is 2.26. The number of benzene rings is 2. The first-order valence-corrected chi connectivity index (χ1v) is 9.33. The van der Waals surface area contributed by atoms with Crippen LogP contribution in [0.25, 0.3) is 0 Å². The monoisotopic (exact) mass is 365 g/mol. The fourth-order valence-electron chi connectivity index (χ4n) is 3.88. The number of anilines is 2. The van der Waals surface area contributed by atoms with Crippen LogP contribution in [-0.4, -0.2) is 40.6 Å². The lowest BCUT2D eigenvalue weighted by atomic mass is 10.1. The number of fused-ring (bicyclic) bond motifs is 1. The summed E-state index contributed by atoms with van der Waals surface area (Å²) in [5.41, 5.74) is 4.01. The van der Waals surface area contributed by atoms with Gasteiger partial charge < -0.3 is 20.6 Å². The van der Waals surface area contributed by atoms with Gasteiger partial charge in [0.2, 0.25) is 5.91 Å². The number of β-amino-alcohol motifs (C(OH)–C–C–N with tert-alkyl or cyclic N) is 1. The van der Waals surface area contributed by atoms with E-state index in [2.05, 4.69) is 16.7 Å². The number of rotatable bonds is 3. The van der Waals surface area contributed by atoms with Gasteiger partial charge in [0.15, 0.2) is 0 Å². The Labute approximate surface area is 158 Å². The number of carbonyl (C=O) groups excluding carboxylic acids is 2. The number of urea groups is 1. The zero-order valence-electron chi connectivity index (χ0n) is 15.0. The number of aliphatic hydroxyl groups is 1. The molecule has 2 aromatic carbocycles. The molecule has 140 valence electrons. The first kappa shape index (κ1) is 17.5. The number of nitrogens with zero attached hydrogens (tertiary/aromatic N) is 1. The number of para-hydroxylation sites is 1. The second-order valence-corrected chi connectivity index (χ2v) is 7.18. The molecule has 1 aliphatic carbocycles. The first-order valence-electron chi connectivity index (χ1n) is 9.33. The van der Waals surface area contributed by atoms with Crippen molar-refractivity contribution in [3.05, 3.63) is 59.7 Å². The fourth-order valence-corrected chi connectivity index (χ4v) is 3.88. The Morgan fingerprint density at radius 3 is 2.56 bits per heavy atom. The normalized spacial score (nSPS) is 21.0. The Kier molecular flexibility index (Phi) is 4.81. The summed E-state index contributed by atoms with van der Waals surface area (Å²) in [6.45, 7) is 0.140. The van der Waals surface area contributed by atoms with Crippen molar-refractivity contribution >= 4 is 23.3 Å². The van der Waals surface area contributed by atoms with Gasteiger partial charge in [0.05, 0.1) is 6.10 Å². The Bertz CT molecular complexity index is 853. The Morgan fingerprint density at radius 1 is 0.963 bits per heavy atom. The average Bonchev–Trinajstić information content (AvgIpc) is 3.28. The molecule has 0 saturated carbocycles. The molecule has 1 saturated heterocycles. The molecule has 1 aliphatic heterocycles. The van der Waals surface area contributed by atoms with Crippen molar-refractivity contribution < 1.29 is 14.7 Å². The average molecular weight is 365 g/mol. The summed E-state index contributed by atoms with van der Waals surface area (Å²) in [6, 6.07) is 14.0. The molecule has 2 aromatic rings. The van der Waals surface area contributed by atoms with Gasteiger partial charge in [-0.3, -0.25) is 4.79 Å². The van der Waals surface area contributed by atoms with Crippen LogP contribution in [0.1, 0.15) is 24.0 Å². The molecule has 6 nitrogen and oxygen atoms in total. The van der Waals surface area contributed by atoms with Crippen LogP contribution < -0.4 is 10.6 Å². The molecule has 3 amide bonds. The number of likely N-dealkylation sites (tertiary alicyclic amines) is 1. The number of nitrogens with one attached hydrogen (secondary N) is 2. The van der Waals surface area contributed by atoms with Crippen LogP contribution in [0.15, 0.2) is 48.5 Å². The van der Waals surface area contributed by atoms with Crippen molar-refractivity contribution in [1.29, 1.82) is 0 Å². The van der Waals surface area contributed by atoms with Crippen molar-refractivity contribution in [3.63, 3.8) is 0 Å². The summed E-state index contributed by atoms with van der Waals surface area (Å²) in [5.74, 6) is -0.271. The third kappa shape index (κ3) is 3.80. The number of carbonyl (C=O) groups is 2. The lowest BCUT2D eigenvalue weighted by Crippen LogP contribution is -2.45. The molecule has 0 radical (unpaired) electrons. The zero-order valence-corrected chi connectivity index (χ0v) is 15.0. The van der Waals surface area contributed by atoms with Crippen molar-refractivity contribution in [2.24, 2.45) is 0 Å². The van der Waals surface area contributed by atoms with Gasteiger partial charge in [0, 0.05) is 24.3 Å². The Balaban J connectivity index is 1.45. The van der Waals surface area contributed by atoms with Gasteiger partial charge in [0.1, 0.15) is 6.04 Å². The van der Waals surface area contributed by atoms with E-state index < -0.39 is 12.1 Å². The van der Waals surface area contributed by atoms with E-state index in [1.165, 1.54) is 16.0 Å². The predicted molar refractivity (Wildman–Crippen MR) is 104 cm³/mol. The minimum atomic E-state index is -0.706. The summed E-state index contributed by atoms with van der Waals surface area (Å²) in [5, 5.41) is 15.7. The van der Waals surface area contributed by atoms with Gasteiger partial charge in [-0.25, -0.2) is 4.79 Å². The van der Waals surface area contributed by atoms with Crippen LogP contribution in [0, 0.1) is 0 Å². The van der Waals surface area contributed by atoms with Crippen molar-refractivity contribution in [2.75, 3.05) is 17.2 Å².